The molecule has 0 bridgehead atoms. The van der Waals surface area contributed by atoms with Gasteiger partial charge in [0.2, 0.25) is 0 Å². The van der Waals surface area contributed by atoms with E-state index in [1.165, 1.54) is 44.9 Å². The number of carbonyl (C=O) groups excluding carboxylic acids is 2. The highest BCUT2D eigenvalue weighted by molar-refractivity contribution is 5.72. The van der Waals surface area contributed by atoms with Crippen LogP contribution in [0.25, 0.3) is 0 Å². The zero-order chi connectivity index (χ0) is 22.1. The van der Waals surface area contributed by atoms with E-state index >= 15 is 0 Å². The first-order valence-corrected chi connectivity index (χ1v) is 12.1. The van der Waals surface area contributed by atoms with Crippen molar-refractivity contribution in [3.8, 4) is 0 Å². The average molecular weight is 413 g/mol. The van der Waals surface area contributed by atoms with E-state index in [1.54, 1.807) is 0 Å². The Kier molecular flexibility index (Phi) is 17.1. The Morgan fingerprint density at radius 1 is 0.621 bits per heavy atom. The molecule has 172 valence electrons. The first-order valence-electron chi connectivity index (χ1n) is 12.1. The molecule has 0 saturated heterocycles. The number of esters is 2. The van der Waals surface area contributed by atoms with Crippen molar-refractivity contribution in [3.63, 3.8) is 0 Å². The fourth-order valence-electron chi connectivity index (χ4n) is 3.17. The standard InChI is InChI=1S/C25H48O4/c1-20(2)18-28-24(26)17-15-13-11-9-7-8-10-12-14-16-22(5)23(6)25(27)29-19-21(3)4/h20-23H,7-19H2,1-6H3. The van der Waals surface area contributed by atoms with Crippen molar-refractivity contribution in [2.45, 2.75) is 112 Å². The minimum atomic E-state index is -0.0459. The summed E-state index contributed by atoms with van der Waals surface area (Å²) < 4.78 is 10.5. The molecule has 0 heterocycles. The van der Waals surface area contributed by atoms with Crippen molar-refractivity contribution in [3.05, 3.63) is 0 Å². The normalized spacial score (nSPS) is 13.5. The van der Waals surface area contributed by atoms with Crippen molar-refractivity contribution in [2.75, 3.05) is 13.2 Å². The van der Waals surface area contributed by atoms with Crippen LogP contribution in [0.5, 0.6) is 0 Å². The fourth-order valence-corrected chi connectivity index (χ4v) is 3.17. The van der Waals surface area contributed by atoms with Crippen molar-refractivity contribution in [1.29, 1.82) is 0 Å². The molecule has 2 unspecified atom stereocenters. The lowest BCUT2D eigenvalue weighted by Crippen LogP contribution is -2.23. The molecule has 0 rings (SSSR count). The summed E-state index contributed by atoms with van der Waals surface area (Å²) in [5.41, 5.74) is 0. The number of hydrogen-bond donors (Lipinski definition) is 0. The van der Waals surface area contributed by atoms with Crippen molar-refractivity contribution in [2.24, 2.45) is 23.7 Å². The molecule has 2 atom stereocenters. The largest absolute Gasteiger partial charge is 0.465 e. The van der Waals surface area contributed by atoms with Crippen LogP contribution < -0.4 is 0 Å². The van der Waals surface area contributed by atoms with Gasteiger partial charge in [-0.25, -0.2) is 0 Å². The summed E-state index contributed by atoms with van der Waals surface area (Å²) in [6.45, 7) is 13.5. The highest BCUT2D eigenvalue weighted by atomic mass is 16.5. The summed E-state index contributed by atoms with van der Waals surface area (Å²) in [5, 5.41) is 0. The second-order valence-electron chi connectivity index (χ2n) is 9.59. The third kappa shape index (κ3) is 17.5. The number of unbranched alkanes of at least 4 members (excludes halogenated alkanes) is 8. The predicted molar refractivity (Wildman–Crippen MR) is 121 cm³/mol. The molecule has 0 amide bonds. The molecule has 0 aliphatic carbocycles. The van der Waals surface area contributed by atoms with E-state index in [0.29, 0.717) is 37.4 Å². The molecule has 4 nitrogen and oxygen atoms in total. The van der Waals surface area contributed by atoms with Crippen LogP contribution in [-0.4, -0.2) is 25.2 Å². The van der Waals surface area contributed by atoms with Crippen molar-refractivity contribution < 1.29 is 19.1 Å². The molecule has 0 aliphatic heterocycles. The molecule has 0 aromatic carbocycles. The van der Waals surface area contributed by atoms with Crippen molar-refractivity contribution >= 4 is 11.9 Å². The van der Waals surface area contributed by atoms with Gasteiger partial charge >= 0.3 is 11.9 Å². The number of ether oxygens (including phenoxy) is 2. The second kappa shape index (κ2) is 17.8. The van der Waals surface area contributed by atoms with Crippen LogP contribution in [0, 0.1) is 23.7 Å². The number of rotatable bonds is 18. The molecule has 0 fully saturated rings. The Bertz CT molecular complexity index is 417. The lowest BCUT2D eigenvalue weighted by molar-refractivity contribution is -0.150. The van der Waals surface area contributed by atoms with E-state index in [2.05, 4.69) is 34.6 Å². The highest BCUT2D eigenvalue weighted by Crippen LogP contribution is 2.21. The quantitative estimate of drug-likeness (QED) is 0.180. The van der Waals surface area contributed by atoms with E-state index in [-0.39, 0.29) is 17.9 Å². The molecule has 0 aliphatic rings. The van der Waals surface area contributed by atoms with Gasteiger partial charge in [0.25, 0.3) is 0 Å². The maximum atomic E-state index is 12.0. The molecule has 0 aromatic heterocycles. The fraction of sp³-hybridized carbons (Fsp3) is 0.920. The number of hydrogen-bond acceptors (Lipinski definition) is 4. The Morgan fingerprint density at radius 3 is 1.59 bits per heavy atom. The van der Waals surface area contributed by atoms with Crippen LogP contribution in [0.1, 0.15) is 112 Å². The topological polar surface area (TPSA) is 52.6 Å². The van der Waals surface area contributed by atoms with Crippen LogP contribution >= 0.6 is 0 Å². The zero-order valence-electron chi connectivity index (χ0n) is 20.1. The summed E-state index contributed by atoms with van der Waals surface area (Å²) >= 11 is 0. The molecule has 0 saturated carbocycles. The van der Waals surface area contributed by atoms with Gasteiger partial charge in [0.05, 0.1) is 19.1 Å². The molecule has 0 radical (unpaired) electrons. The third-order valence-corrected chi connectivity index (χ3v) is 5.40. The summed E-state index contributed by atoms with van der Waals surface area (Å²) in [7, 11) is 0. The van der Waals surface area contributed by atoms with Gasteiger partial charge in [-0.15, -0.1) is 0 Å². The van der Waals surface area contributed by atoms with Gasteiger partial charge in [-0.1, -0.05) is 92.9 Å². The van der Waals surface area contributed by atoms with Gasteiger partial charge in [-0.05, 0) is 30.6 Å². The van der Waals surface area contributed by atoms with Crippen LogP contribution in [-0.2, 0) is 19.1 Å². The number of carbonyl (C=O) groups is 2. The zero-order valence-corrected chi connectivity index (χ0v) is 20.1. The first-order chi connectivity index (χ1) is 13.7. The summed E-state index contributed by atoms with van der Waals surface area (Å²) in [6, 6.07) is 0. The van der Waals surface area contributed by atoms with Gasteiger partial charge in [0, 0.05) is 6.42 Å². The molecule has 4 heteroatoms. The SMILES string of the molecule is CC(C)COC(=O)CCCCCCCCCCCC(C)C(C)C(=O)OCC(C)C. The maximum absolute atomic E-state index is 12.0. The lowest BCUT2D eigenvalue weighted by Gasteiger charge is -2.19. The van der Waals surface area contributed by atoms with Crippen LogP contribution in [0.3, 0.4) is 0 Å². The summed E-state index contributed by atoms with van der Waals surface area (Å²) in [6.07, 6.45) is 12.5. The van der Waals surface area contributed by atoms with E-state index in [0.717, 1.165) is 19.3 Å². The molecule has 29 heavy (non-hydrogen) atoms. The second-order valence-corrected chi connectivity index (χ2v) is 9.59. The summed E-state index contributed by atoms with van der Waals surface area (Å²) in [4.78, 5) is 23.5. The first kappa shape index (κ1) is 27.9. The van der Waals surface area contributed by atoms with Crippen LogP contribution in [0.15, 0.2) is 0 Å². The minimum absolute atomic E-state index is 0.00333. The Balaban J connectivity index is 3.48. The molecule has 0 spiro atoms. The van der Waals surface area contributed by atoms with Gasteiger partial charge in [0.15, 0.2) is 0 Å². The van der Waals surface area contributed by atoms with Gasteiger partial charge in [-0.3, -0.25) is 9.59 Å². The average Bonchev–Trinajstić information content (AvgIpc) is 2.67. The molecule has 0 aromatic rings. The Hall–Kier alpha value is -1.06. The van der Waals surface area contributed by atoms with E-state index < -0.39 is 0 Å². The smallest absolute Gasteiger partial charge is 0.308 e. The molecule has 0 N–H and O–H groups in total. The van der Waals surface area contributed by atoms with Crippen LogP contribution in [0.4, 0.5) is 0 Å². The maximum Gasteiger partial charge on any atom is 0.308 e. The van der Waals surface area contributed by atoms with Crippen LogP contribution in [0.2, 0.25) is 0 Å². The minimum Gasteiger partial charge on any atom is -0.465 e. The molecular formula is C25H48O4. The Morgan fingerprint density at radius 2 is 1.07 bits per heavy atom. The summed E-state index contributed by atoms with van der Waals surface area (Å²) in [5.74, 6) is 1.11. The van der Waals surface area contributed by atoms with Gasteiger partial charge in [0.1, 0.15) is 0 Å². The van der Waals surface area contributed by atoms with E-state index in [1.807, 2.05) is 6.92 Å². The van der Waals surface area contributed by atoms with Crippen molar-refractivity contribution in [1.82, 2.24) is 0 Å². The third-order valence-electron chi connectivity index (χ3n) is 5.40. The van der Waals surface area contributed by atoms with Gasteiger partial charge < -0.3 is 9.47 Å². The van der Waals surface area contributed by atoms with E-state index in [4.69, 9.17) is 9.47 Å². The highest BCUT2D eigenvalue weighted by Gasteiger charge is 2.21. The van der Waals surface area contributed by atoms with Gasteiger partial charge in [-0.2, -0.15) is 0 Å². The lowest BCUT2D eigenvalue weighted by atomic mass is 9.90. The monoisotopic (exact) mass is 412 g/mol. The Labute approximate surface area is 180 Å². The van der Waals surface area contributed by atoms with E-state index in [9.17, 15) is 9.59 Å². The predicted octanol–water partition coefficient (Wildman–Crippen LogP) is 6.95. The molecular weight excluding hydrogens is 364 g/mol.